The van der Waals surface area contributed by atoms with E-state index in [1.807, 2.05) is 31.8 Å². The molecular weight excluding hydrogens is 206 g/mol. The second kappa shape index (κ2) is 4.44. The van der Waals surface area contributed by atoms with Crippen molar-refractivity contribution in [1.29, 1.82) is 0 Å². The van der Waals surface area contributed by atoms with Gasteiger partial charge in [-0.05, 0) is 31.7 Å². The topological polar surface area (TPSA) is 22.0 Å². The Morgan fingerprint density at radius 2 is 2.20 bits per heavy atom. The second-order valence-corrected chi connectivity index (χ2v) is 5.35. The summed E-state index contributed by atoms with van der Waals surface area (Å²) in [5.41, 5.74) is 1.17. The standard InChI is InChI=1S/C12H17NOS/c1-9-11(6-7-12(14)13(9)2)15-8-10-4-3-5-10/h6-7,10H,3-5,8H2,1-2H3. The van der Waals surface area contributed by atoms with Gasteiger partial charge in [0.25, 0.3) is 5.56 Å². The first-order valence-electron chi connectivity index (χ1n) is 5.48. The normalized spacial score (nSPS) is 16.4. The van der Waals surface area contributed by atoms with Crippen LogP contribution in [0, 0.1) is 12.8 Å². The van der Waals surface area contributed by atoms with E-state index in [9.17, 15) is 4.79 Å². The lowest BCUT2D eigenvalue weighted by atomic mass is 9.87. The van der Waals surface area contributed by atoms with Gasteiger partial charge < -0.3 is 4.57 Å². The van der Waals surface area contributed by atoms with Crippen LogP contribution in [-0.4, -0.2) is 10.3 Å². The third-order valence-electron chi connectivity index (χ3n) is 3.27. The van der Waals surface area contributed by atoms with Crippen molar-refractivity contribution in [2.45, 2.75) is 31.1 Å². The highest BCUT2D eigenvalue weighted by Crippen LogP contribution is 2.33. The first-order chi connectivity index (χ1) is 7.18. The number of aromatic nitrogens is 1. The van der Waals surface area contributed by atoms with Crippen molar-refractivity contribution in [2.75, 3.05) is 5.75 Å². The summed E-state index contributed by atoms with van der Waals surface area (Å²) < 4.78 is 1.73. The van der Waals surface area contributed by atoms with Crippen molar-refractivity contribution >= 4 is 11.8 Å². The molecule has 0 spiro atoms. The lowest BCUT2D eigenvalue weighted by Crippen LogP contribution is -2.18. The molecule has 1 aliphatic rings. The molecule has 1 aliphatic carbocycles. The minimum Gasteiger partial charge on any atom is -0.315 e. The molecule has 0 saturated heterocycles. The molecule has 3 heteroatoms. The summed E-state index contributed by atoms with van der Waals surface area (Å²) in [4.78, 5) is 12.6. The SMILES string of the molecule is Cc1c(SCC2CCC2)ccc(=O)n1C. The van der Waals surface area contributed by atoms with Crippen LogP contribution in [0.1, 0.15) is 25.0 Å². The van der Waals surface area contributed by atoms with Crippen molar-refractivity contribution in [3.8, 4) is 0 Å². The molecule has 0 aliphatic heterocycles. The Balaban J connectivity index is 2.07. The van der Waals surface area contributed by atoms with E-state index in [-0.39, 0.29) is 5.56 Å². The van der Waals surface area contributed by atoms with Gasteiger partial charge in [-0.1, -0.05) is 6.42 Å². The molecule has 2 rings (SSSR count). The van der Waals surface area contributed by atoms with Crippen molar-refractivity contribution in [1.82, 2.24) is 4.57 Å². The largest absolute Gasteiger partial charge is 0.315 e. The van der Waals surface area contributed by atoms with Gasteiger partial charge in [-0.2, -0.15) is 0 Å². The molecule has 0 aromatic carbocycles. The van der Waals surface area contributed by atoms with E-state index >= 15 is 0 Å². The van der Waals surface area contributed by atoms with E-state index in [4.69, 9.17) is 0 Å². The van der Waals surface area contributed by atoms with Gasteiger partial charge in [0.05, 0.1) is 0 Å². The summed E-state index contributed by atoms with van der Waals surface area (Å²) in [6.07, 6.45) is 4.17. The molecule has 2 nitrogen and oxygen atoms in total. The van der Waals surface area contributed by atoms with Crippen LogP contribution in [0.15, 0.2) is 21.8 Å². The molecule has 0 radical (unpaired) electrons. The van der Waals surface area contributed by atoms with Gasteiger partial charge in [-0.3, -0.25) is 4.79 Å². The van der Waals surface area contributed by atoms with E-state index in [0.29, 0.717) is 0 Å². The lowest BCUT2D eigenvalue weighted by molar-refractivity contribution is 0.353. The minimum absolute atomic E-state index is 0.0838. The van der Waals surface area contributed by atoms with Crippen LogP contribution in [0.4, 0.5) is 0 Å². The summed E-state index contributed by atoms with van der Waals surface area (Å²) in [6, 6.07) is 3.62. The maximum atomic E-state index is 11.4. The first-order valence-corrected chi connectivity index (χ1v) is 6.46. The van der Waals surface area contributed by atoms with Crippen LogP contribution < -0.4 is 5.56 Å². The predicted octanol–water partition coefficient (Wildman–Crippen LogP) is 2.59. The molecule has 0 unspecified atom stereocenters. The third kappa shape index (κ3) is 2.28. The van der Waals surface area contributed by atoms with Gasteiger partial charge in [-0.25, -0.2) is 0 Å². The molecular formula is C12H17NOS. The van der Waals surface area contributed by atoms with Crippen molar-refractivity contribution in [2.24, 2.45) is 13.0 Å². The van der Waals surface area contributed by atoms with Crippen LogP contribution in [-0.2, 0) is 7.05 Å². The first kappa shape index (κ1) is 10.8. The summed E-state index contributed by atoms with van der Waals surface area (Å²) in [7, 11) is 1.84. The molecule has 1 fully saturated rings. The van der Waals surface area contributed by atoms with Gasteiger partial charge in [0.2, 0.25) is 0 Å². The second-order valence-electron chi connectivity index (χ2n) is 4.29. The van der Waals surface area contributed by atoms with Gasteiger partial charge >= 0.3 is 0 Å². The monoisotopic (exact) mass is 223 g/mol. The number of rotatable bonds is 3. The van der Waals surface area contributed by atoms with Crippen LogP contribution in [0.5, 0.6) is 0 Å². The fourth-order valence-electron chi connectivity index (χ4n) is 1.73. The van der Waals surface area contributed by atoms with Gasteiger partial charge in [0.15, 0.2) is 0 Å². The Hall–Kier alpha value is -0.700. The number of thioether (sulfide) groups is 1. The molecule has 15 heavy (non-hydrogen) atoms. The Morgan fingerprint density at radius 3 is 2.80 bits per heavy atom. The lowest BCUT2D eigenvalue weighted by Gasteiger charge is -2.25. The fraction of sp³-hybridized carbons (Fsp3) is 0.583. The van der Waals surface area contributed by atoms with Gasteiger partial charge in [-0.15, -0.1) is 11.8 Å². The summed E-state index contributed by atoms with van der Waals surface area (Å²) in [6.45, 7) is 2.02. The van der Waals surface area contributed by atoms with Gasteiger partial charge in [0.1, 0.15) is 0 Å². The van der Waals surface area contributed by atoms with Crippen molar-refractivity contribution < 1.29 is 0 Å². The zero-order valence-electron chi connectivity index (χ0n) is 9.32. The highest BCUT2D eigenvalue weighted by molar-refractivity contribution is 7.99. The Kier molecular flexibility index (Phi) is 3.19. The van der Waals surface area contributed by atoms with Crippen molar-refractivity contribution in [3.05, 3.63) is 28.2 Å². The zero-order valence-corrected chi connectivity index (χ0v) is 10.1. The zero-order chi connectivity index (χ0) is 10.8. The number of hydrogen-bond acceptors (Lipinski definition) is 2. The molecule has 0 N–H and O–H groups in total. The Labute approximate surface area is 94.7 Å². The fourth-order valence-corrected chi connectivity index (χ4v) is 2.99. The highest BCUT2D eigenvalue weighted by atomic mass is 32.2. The summed E-state index contributed by atoms with van der Waals surface area (Å²) in [5.74, 6) is 2.12. The average Bonchev–Trinajstić information content (AvgIpc) is 2.15. The van der Waals surface area contributed by atoms with E-state index in [1.54, 1.807) is 10.6 Å². The molecule has 0 bridgehead atoms. The van der Waals surface area contributed by atoms with E-state index < -0.39 is 0 Å². The number of pyridine rings is 1. The summed E-state index contributed by atoms with van der Waals surface area (Å²) >= 11 is 1.89. The number of hydrogen-bond donors (Lipinski definition) is 0. The molecule has 1 aromatic rings. The van der Waals surface area contributed by atoms with E-state index in [0.717, 1.165) is 11.6 Å². The smallest absolute Gasteiger partial charge is 0.250 e. The highest BCUT2D eigenvalue weighted by Gasteiger charge is 2.17. The molecule has 1 heterocycles. The van der Waals surface area contributed by atoms with Crippen LogP contribution in [0.3, 0.4) is 0 Å². The predicted molar refractivity (Wildman–Crippen MR) is 64.5 cm³/mol. The minimum atomic E-state index is 0.0838. The van der Waals surface area contributed by atoms with E-state index in [1.165, 1.54) is 29.9 Å². The quantitative estimate of drug-likeness (QED) is 0.735. The third-order valence-corrected chi connectivity index (χ3v) is 4.65. The average molecular weight is 223 g/mol. The van der Waals surface area contributed by atoms with Crippen LogP contribution in [0.25, 0.3) is 0 Å². The maximum absolute atomic E-state index is 11.4. The molecule has 0 atom stereocenters. The van der Waals surface area contributed by atoms with E-state index in [2.05, 4.69) is 0 Å². The molecule has 1 aromatic heterocycles. The van der Waals surface area contributed by atoms with Crippen LogP contribution in [0.2, 0.25) is 0 Å². The number of nitrogens with zero attached hydrogens (tertiary/aromatic N) is 1. The van der Waals surface area contributed by atoms with Crippen molar-refractivity contribution in [3.63, 3.8) is 0 Å². The van der Waals surface area contributed by atoms with Gasteiger partial charge in [0, 0.05) is 29.5 Å². The molecule has 0 amide bonds. The molecule has 1 saturated carbocycles. The van der Waals surface area contributed by atoms with Crippen LogP contribution >= 0.6 is 11.8 Å². The maximum Gasteiger partial charge on any atom is 0.250 e. The Bertz CT molecular complexity index is 407. The Morgan fingerprint density at radius 1 is 1.47 bits per heavy atom. The summed E-state index contributed by atoms with van der Waals surface area (Å²) in [5, 5.41) is 0. The molecule has 82 valence electrons.